The van der Waals surface area contributed by atoms with Crippen molar-refractivity contribution in [1.82, 2.24) is 9.80 Å². The van der Waals surface area contributed by atoms with Crippen LogP contribution in [0.3, 0.4) is 0 Å². The fourth-order valence-corrected chi connectivity index (χ4v) is 3.50. The van der Waals surface area contributed by atoms with Crippen LogP contribution in [0.1, 0.15) is 11.7 Å². The standard InChI is InChI=1S/C20H19N3O3/c24-15-6-4-14(5-7-15)17-13-16-19(26-17)20(22-9-11-25-12-10-22)21-18-3-1-2-8-23(16)18/h1-8,13,17,24H,9-12H2. The first-order valence-electron chi connectivity index (χ1n) is 8.77. The maximum absolute atomic E-state index is 9.55. The number of aromatic hydroxyl groups is 1. The van der Waals surface area contributed by atoms with Gasteiger partial charge in [-0.2, -0.15) is 0 Å². The van der Waals surface area contributed by atoms with Crippen LogP contribution < -0.4 is 0 Å². The van der Waals surface area contributed by atoms with Gasteiger partial charge in [0.1, 0.15) is 17.7 Å². The van der Waals surface area contributed by atoms with Crippen molar-refractivity contribution in [2.24, 2.45) is 4.99 Å². The molecule has 4 aliphatic rings. The van der Waals surface area contributed by atoms with E-state index in [1.165, 1.54) is 0 Å². The van der Waals surface area contributed by atoms with Gasteiger partial charge in [0.05, 0.1) is 18.9 Å². The van der Waals surface area contributed by atoms with Gasteiger partial charge in [0.15, 0.2) is 11.6 Å². The lowest BCUT2D eigenvalue weighted by atomic mass is 10.1. The highest BCUT2D eigenvalue weighted by Crippen LogP contribution is 2.41. The molecule has 0 radical (unpaired) electrons. The van der Waals surface area contributed by atoms with Gasteiger partial charge in [-0.3, -0.25) is 4.90 Å². The van der Waals surface area contributed by atoms with Crippen LogP contribution in [0.15, 0.2) is 77.0 Å². The molecule has 1 N–H and O–H groups in total. The minimum atomic E-state index is -0.203. The number of rotatable bonds is 2. The Morgan fingerprint density at radius 3 is 2.69 bits per heavy atom. The summed E-state index contributed by atoms with van der Waals surface area (Å²) in [4.78, 5) is 9.14. The molecule has 6 heteroatoms. The number of ether oxygens (including phenoxy) is 2. The molecule has 132 valence electrons. The quantitative estimate of drug-likeness (QED) is 0.890. The van der Waals surface area contributed by atoms with Gasteiger partial charge >= 0.3 is 0 Å². The van der Waals surface area contributed by atoms with E-state index in [1.807, 2.05) is 36.6 Å². The highest BCUT2D eigenvalue weighted by Gasteiger charge is 2.36. The number of aliphatic imine (C=N–C) groups is 1. The molecular weight excluding hydrogens is 330 g/mol. The molecule has 4 heterocycles. The molecule has 1 aromatic carbocycles. The third-order valence-corrected chi connectivity index (χ3v) is 4.84. The Hall–Kier alpha value is -2.99. The lowest BCUT2D eigenvalue weighted by molar-refractivity contribution is 0.0484. The van der Waals surface area contributed by atoms with E-state index in [4.69, 9.17) is 14.5 Å². The smallest absolute Gasteiger partial charge is 0.187 e. The summed E-state index contributed by atoms with van der Waals surface area (Å²) in [5.74, 6) is 2.81. The fourth-order valence-electron chi connectivity index (χ4n) is 3.50. The first-order valence-corrected chi connectivity index (χ1v) is 8.77. The zero-order chi connectivity index (χ0) is 17.5. The molecule has 1 fully saturated rings. The van der Waals surface area contributed by atoms with Crippen molar-refractivity contribution in [3.63, 3.8) is 0 Å². The first kappa shape index (κ1) is 15.3. The van der Waals surface area contributed by atoms with Gasteiger partial charge in [0.2, 0.25) is 0 Å². The number of hydrogen-bond acceptors (Lipinski definition) is 6. The second kappa shape index (κ2) is 6.07. The average molecular weight is 349 g/mol. The third kappa shape index (κ3) is 2.50. The van der Waals surface area contributed by atoms with Crippen LogP contribution in [-0.4, -0.2) is 47.0 Å². The van der Waals surface area contributed by atoms with Crippen LogP contribution in [0.5, 0.6) is 5.75 Å². The van der Waals surface area contributed by atoms with Crippen molar-refractivity contribution in [2.45, 2.75) is 6.10 Å². The molecule has 1 atom stereocenters. The topological polar surface area (TPSA) is 57.5 Å². The predicted molar refractivity (Wildman–Crippen MR) is 97.0 cm³/mol. The van der Waals surface area contributed by atoms with Gasteiger partial charge in [-0.25, -0.2) is 4.99 Å². The Kier molecular flexibility index (Phi) is 3.57. The Morgan fingerprint density at radius 2 is 1.88 bits per heavy atom. The molecule has 26 heavy (non-hydrogen) atoms. The summed E-state index contributed by atoms with van der Waals surface area (Å²) in [6.45, 7) is 2.99. The first-order chi connectivity index (χ1) is 12.8. The number of fused-ring (bicyclic) bond motifs is 3. The van der Waals surface area contributed by atoms with Crippen molar-refractivity contribution in [1.29, 1.82) is 0 Å². The summed E-state index contributed by atoms with van der Waals surface area (Å²) < 4.78 is 11.8. The number of morpholine rings is 1. The number of benzene rings is 1. The maximum Gasteiger partial charge on any atom is 0.187 e. The molecule has 0 aromatic heterocycles. The summed E-state index contributed by atoms with van der Waals surface area (Å²) in [5, 5.41) is 9.55. The van der Waals surface area contributed by atoms with Crippen molar-refractivity contribution in [2.75, 3.05) is 26.3 Å². The molecular formula is C20H19N3O3. The van der Waals surface area contributed by atoms with Crippen LogP contribution in [0.25, 0.3) is 0 Å². The molecule has 4 aliphatic heterocycles. The van der Waals surface area contributed by atoms with E-state index in [2.05, 4.69) is 15.9 Å². The number of amidine groups is 1. The van der Waals surface area contributed by atoms with Gasteiger partial charge < -0.3 is 19.5 Å². The van der Waals surface area contributed by atoms with Gasteiger partial charge in [-0.05, 0) is 35.9 Å². The molecule has 0 aliphatic carbocycles. The van der Waals surface area contributed by atoms with Gasteiger partial charge in [0, 0.05) is 19.3 Å². The van der Waals surface area contributed by atoms with Crippen molar-refractivity contribution >= 4 is 5.84 Å². The molecule has 1 unspecified atom stereocenters. The monoisotopic (exact) mass is 349 g/mol. The number of phenolic OH excluding ortho intramolecular Hbond substituents is 1. The lowest BCUT2D eigenvalue weighted by Crippen LogP contribution is -2.39. The van der Waals surface area contributed by atoms with Gasteiger partial charge in [-0.15, -0.1) is 0 Å². The minimum absolute atomic E-state index is 0.203. The fraction of sp³-hybridized carbons (Fsp3) is 0.250. The highest BCUT2D eigenvalue weighted by atomic mass is 16.5. The molecule has 0 amide bonds. The highest BCUT2D eigenvalue weighted by molar-refractivity contribution is 5.98. The van der Waals surface area contributed by atoms with E-state index in [0.717, 1.165) is 41.8 Å². The van der Waals surface area contributed by atoms with Crippen molar-refractivity contribution in [3.8, 4) is 5.75 Å². The molecule has 5 rings (SSSR count). The van der Waals surface area contributed by atoms with E-state index < -0.39 is 0 Å². The lowest BCUT2D eigenvalue weighted by Gasteiger charge is -2.35. The number of nitrogens with zero attached hydrogens (tertiary/aromatic N) is 3. The molecule has 1 aromatic rings. The maximum atomic E-state index is 9.55. The molecule has 6 nitrogen and oxygen atoms in total. The summed E-state index contributed by atoms with van der Waals surface area (Å²) in [6.07, 6.45) is 9.90. The minimum Gasteiger partial charge on any atom is -0.508 e. The summed E-state index contributed by atoms with van der Waals surface area (Å²) in [5.41, 5.74) is 2.01. The van der Waals surface area contributed by atoms with E-state index in [9.17, 15) is 5.11 Å². The summed E-state index contributed by atoms with van der Waals surface area (Å²) in [6, 6.07) is 7.14. The van der Waals surface area contributed by atoms with Crippen LogP contribution >= 0.6 is 0 Å². The van der Waals surface area contributed by atoms with Crippen molar-refractivity contribution in [3.05, 3.63) is 77.6 Å². The SMILES string of the molecule is Oc1ccc(C2C=C3C(=C(N4CCOCC4)N=C4C=CC=CN34)O2)cc1. The van der Waals surface area contributed by atoms with Crippen molar-refractivity contribution < 1.29 is 14.6 Å². The summed E-state index contributed by atoms with van der Waals surface area (Å²) >= 11 is 0. The predicted octanol–water partition coefficient (Wildman–Crippen LogP) is 2.65. The van der Waals surface area contributed by atoms with E-state index >= 15 is 0 Å². The average Bonchev–Trinajstić information content (AvgIpc) is 3.14. The Balaban J connectivity index is 1.56. The van der Waals surface area contributed by atoms with Crippen LogP contribution in [-0.2, 0) is 9.47 Å². The molecule has 0 bridgehead atoms. The van der Waals surface area contributed by atoms with E-state index in [-0.39, 0.29) is 11.9 Å². The Morgan fingerprint density at radius 1 is 1.08 bits per heavy atom. The molecule has 0 spiro atoms. The Labute approximate surface area is 151 Å². The van der Waals surface area contributed by atoms with E-state index in [0.29, 0.717) is 13.2 Å². The van der Waals surface area contributed by atoms with Crippen LogP contribution in [0.4, 0.5) is 0 Å². The normalized spacial score (nSPS) is 24.1. The molecule has 1 saturated heterocycles. The number of hydrogen-bond donors (Lipinski definition) is 1. The zero-order valence-electron chi connectivity index (χ0n) is 14.2. The number of allylic oxidation sites excluding steroid dienone is 2. The van der Waals surface area contributed by atoms with E-state index in [1.54, 1.807) is 12.1 Å². The second-order valence-corrected chi connectivity index (χ2v) is 6.47. The molecule has 0 saturated carbocycles. The van der Waals surface area contributed by atoms with Crippen LogP contribution in [0.2, 0.25) is 0 Å². The largest absolute Gasteiger partial charge is 0.508 e. The second-order valence-electron chi connectivity index (χ2n) is 6.47. The van der Waals surface area contributed by atoms with Gasteiger partial charge in [0.25, 0.3) is 0 Å². The van der Waals surface area contributed by atoms with Gasteiger partial charge in [-0.1, -0.05) is 18.2 Å². The third-order valence-electron chi connectivity index (χ3n) is 4.84. The zero-order valence-corrected chi connectivity index (χ0v) is 14.2. The van der Waals surface area contributed by atoms with Crippen LogP contribution in [0, 0.1) is 0 Å². The summed E-state index contributed by atoms with van der Waals surface area (Å²) in [7, 11) is 0. The Bertz CT molecular complexity index is 874. The number of phenols is 1.